The Labute approximate surface area is 246 Å². The number of likely N-dealkylation sites (N-methyl/N-ethyl adjacent to an activating group) is 1. The molecule has 0 spiro atoms. The number of nitrogens with one attached hydrogen (secondary N) is 1. The summed E-state index contributed by atoms with van der Waals surface area (Å²) < 4.78 is 47.9. The van der Waals surface area contributed by atoms with Crippen LogP contribution in [0.3, 0.4) is 0 Å². The van der Waals surface area contributed by atoms with Crippen molar-refractivity contribution in [2.75, 3.05) is 51.3 Å². The summed E-state index contributed by atoms with van der Waals surface area (Å²) >= 11 is 1.44. The number of nitrogens with zero attached hydrogens (tertiary/aromatic N) is 4. The van der Waals surface area contributed by atoms with Gasteiger partial charge in [-0.2, -0.15) is 0 Å². The maximum absolute atomic E-state index is 15.3. The number of amides is 2. The number of halogens is 3. The third-order valence-corrected chi connectivity index (χ3v) is 9.37. The van der Waals surface area contributed by atoms with Gasteiger partial charge in [-0.1, -0.05) is 20.3 Å². The second kappa shape index (κ2) is 12.5. The van der Waals surface area contributed by atoms with E-state index >= 15 is 4.39 Å². The Kier molecular flexibility index (Phi) is 9.00. The molecule has 1 aromatic heterocycles. The first kappa shape index (κ1) is 30.2. The second-order valence-electron chi connectivity index (χ2n) is 11.1. The number of thiazole rings is 1. The number of benzene rings is 1. The molecule has 2 aromatic rings. The van der Waals surface area contributed by atoms with E-state index in [1.165, 1.54) is 28.4 Å². The van der Waals surface area contributed by atoms with Crippen molar-refractivity contribution in [3.63, 3.8) is 0 Å². The molecule has 4 heterocycles. The lowest BCUT2D eigenvalue weighted by atomic mass is 9.96. The molecular formula is C29H34F3N5O4S. The molecule has 1 aromatic carbocycles. The number of piperazine rings is 1. The number of hydrogen-bond donors (Lipinski definition) is 1. The van der Waals surface area contributed by atoms with Crippen LogP contribution >= 0.6 is 11.3 Å². The summed E-state index contributed by atoms with van der Waals surface area (Å²) in [6.45, 7) is 6.53. The number of anilines is 1. The predicted molar refractivity (Wildman–Crippen MR) is 152 cm³/mol. The van der Waals surface area contributed by atoms with E-state index in [0.29, 0.717) is 12.1 Å². The number of Topliss-reactive ketones (excluding diaryl/α,β-unsaturated/α-hetero) is 1. The molecule has 5 unspecified atom stereocenters. The number of likely N-dealkylation sites (tertiary alicyclic amines) is 1. The Hall–Kier alpha value is -3.29. The number of hydrogen-bond acceptors (Lipinski definition) is 8. The van der Waals surface area contributed by atoms with Crippen LogP contribution in [0.5, 0.6) is 0 Å². The average molecular weight is 606 g/mol. The van der Waals surface area contributed by atoms with Crippen molar-refractivity contribution in [2.24, 2.45) is 11.8 Å². The highest BCUT2D eigenvalue weighted by Gasteiger charge is 2.54. The van der Waals surface area contributed by atoms with Gasteiger partial charge in [-0.25, -0.2) is 18.2 Å². The molecule has 9 nitrogen and oxygen atoms in total. The Bertz CT molecular complexity index is 1380. The van der Waals surface area contributed by atoms with Crippen molar-refractivity contribution in [3.05, 3.63) is 47.1 Å². The molecule has 0 saturated carbocycles. The van der Waals surface area contributed by atoms with Crippen molar-refractivity contribution >= 4 is 34.1 Å². The minimum Gasteiger partial charge on any atom is -0.367 e. The van der Waals surface area contributed by atoms with E-state index in [9.17, 15) is 23.2 Å². The van der Waals surface area contributed by atoms with Gasteiger partial charge < -0.3 is 24.8 Å². The molecule has 1 N–H and O–H groups in total. The third kappa shape index (κ3) is 5.82. The zero-order valence-electron chi connectivity index (χ0n) is 23.7. The number of aromatic nitrogens is 1. The van der Waals surface area contributed by atoms with E-state index in [2.05, 4.69) is 27.1 Å². The number of carbonyl (C=O) groups excluding carboxylic acids is 3. The minimum absolute atomic E-state index is 0.00994. The molecule has 3 saturated heterocycles. The van der Waals surface area contributed by atoms with Crippen LogP contribution in [0.15, 0.2) is 35.7 Å². The third-order valence-electron chi connectivity index (χ3n) is 8.47. The number of carbonyl (C=O) groups is 3. The zero-order valence-corrected chi connectivity index (χ0v) is 24.5. The first-order valence-corrected chi connectivity index (χ1v) is 14.9. The highest BCUT2D eigenvalue weighted by molar-refractivity contribution is 7.14. The molecule has 42 heavy (non-hydrogen) atoms. The fourth-order valence-corrected chi connectivity index (χ4v) is 6.57. The van der Waals surface area contributed by atoms with E-state index in [-0.39, 0.29) is 36.5 Å². The van der Waals surface area contributed by atoms with Crippen molar-refractivity contribution in [1.29, 1.82) is 0 Å². The number of ether oxygens (including phenoxy) is 1. The minimum atomic E-state index is -1.12. The molecule has 3 aliphatic heterocycles. The fraction of sp³-hybridized carbons (Fsp3) is 0.517. The van der Waals surface area contributed by atoms with Crippen LogP contribution in [0.4, 0.5) is 18.3 Å². The summed E-state index contributed by atoms with van der Waals surface area (Å²) in [7, 11) is 2.06. The Morgan fingerprint density at radius 2 is 2.00 bits per heavy atom. The topological polar surface area (TPSA) is 95.1 Å². The van der Waals surface area contributed by atoms with Gasteiger partial charge in [0, 0.05) is 49.2 Å². The van der Waals surface area contributed by atoms with E-state index in [1.54, 1.807) is 12.3 Å². The number of rotatable bonds is 8. The normalized spacial score (nSPS) is 24.6. The molecule has 5 rings (SSSR count). The van der Waals surface area contributed by atoms with Gasteiger partial charge in [0.2, 0.25) is 5.91 Å². The van der Waals surface area contributed by atoms with Crippen LogP contribution in [0.25, 0.3) is 11.3 Å². The SMILES string of the molecule is CCC(C)C(NC(=O)c1ccc(-c2csc(N3CCN(C)CC3)n2)c(F)c1)C(=O)N1CC(C(F)=CF)C2OCC(=O)C21. The maximum atomic E-state index is 15.3. The van der Waals surface area contributed by atoms with Gasteiger partial charge in [-0.05, 0) is 31.2 Å². The molecular weight excluding hydrogens is 571 g/mol. The summed E-state index contributed by atoms with van der Waals surface area (Å²) in [4.78, 5) is 49.7. The molecule has 226 valence electrons. The van der Waals surface area contributed by atoms with Crippen molar-refractivity contribution in [1.82, 2.24) is 20.1 Å². The van der Waals surface area contributed by atoms with Crippen LogP contribution in [0.2, 0.25) is 0 Å². The zero-order chi connectivity index (χ0) is 30.1. The Balaban J connectivity index is 1.32. The smallest absolute Gasteiger partial charge is 0.252 e. The average Bonchev–Trinajstić information content (AvgIpc) is 3.72. The summed E-state index contributed by atoms with van der Waals surface area (Å²) in [6.07, 6.45) is -0.684. The van der Waals surface area contributed by atoms with E-state index in [1.807, 2.05) is 6.92 Å². The molecule has 0 aliphatic carbocycles. The predicted octanol–water partition coefficient (Wildman–Crippen LogP) is 3.42. The monoisotopic (exact) mass is 605 g/mol. The van der Waals surface area contributed by atoms with Crippen molar-refractivity contribution in [3.8, 4) is 11.3 Å². The van der Waals surface area contributed by atoms with Gasteiger partial charge in [0.05, 0.1) is 17.7 Å². The lowest BCUT2D eigenvalue weighted by molar-refractivity contribution is -0.139. The van der Waals surface area contributed by atoms with E-state index in [4.69, 9.17) is 4.74 Å². The van der Waals surface area contributed by atoms with Gasteiger partial charge in [0.15, 0.2) is 10.9 Å². The molecule has 0 radical (unpaired) electrons. The number of fused-ring (bicyclic) bond motifs is 1. The van der Waals surface area contributed by atoms with Gasteiger partial charge in [0.25, 0.3) is 5.91 Å². The highest BCUT2D eigenvalue weighted by Crippen LogP contribution is 2.37. The molecule has 2 amide bonds. The molecule has 13 heteroatoms. The van der Waals surface area contributed by atoms with Crippen molar-refractivity contribution < 1.29 is 32.3 Å². The molecule has 5 atom stereocenters. The highest BCUT2D eigenvalue weighted by atomic mass is 32.1. The fourth-order valence-electron chi connectivity index (χ4n) is 5.69. The molecule has 0 bridgehead atoms. The van der Waals surface area contributed by atoms with E-state index in [0.717, 1.165) is 37.4 Å². The first-order chi connectivity index (χ1) is 20.1. The first-order valence-electron chi connectivity index (χ1n) is 14.0. The van der Waals surface area contributed by atoms with Gasteiger partial charge >= 0.3 is 0 Å². The van der Waals surface area contributed by atoms with Gasteiger partial charge in [0.1, 0.15) is 36.7 Å². The molecule has 3 aliphatic rings. The summed E-state index contributed by atoms with van der Waals surface area (Å²) in [5, 5.41) is 5.30. The van der Waals surface area contributed by atoms with Crippen LogP contribution in [0, 0.1) is 17.7 Å². The summed E-state index contributed by atoms with van der Waals surface area (Å²) in [6, 6.07) is 1.92. The Morgan fingerprint density at radius 1 is 1.26 bits per heavy atom. The van der Waals surface area contributed by atoms with Crippen LogP contribution in [0.1, 0.15) is 30.6 Å². The quantitative estimate of drug-likeness (QED) is 0.493. The molecule has 3 fully saturated rings. The second-order valence-corrected chi connectivity index (χ2v) is 12.0. The van der Waals surface area contributed by atoms with Gasteiger partial charge in [-0.3, -0.25) is 14.4 Å². The standard InChI is InChI=1S/C29H34F3N5O4S/c1-4-16(2)24(28(40)37-13-19(21(32)12-30)26-25(37)23(38)14-41-26)34-27(39)17-5-6-18(20(31)11-17)22-15-42-29(33-22)36-9-7-35(3)8-10-36/h5-6,11-12,15-16,19,24-26H,4,7-10,13-14H2,1-3H3,(H,34,39). The Morgan fingerprint density at radius 3 is 2.67 bits per heavy atom. The summed E-state index contributed by atoms with van der Waals surface area (Å²) in [5.41, 5.74) is 0.743. The van der Waals surface area contributed by atoms with Crippen LogP contribution < -0.4 is 10.2 Å². The van der Waals surface area contributed by atoms with Crippen LogP contribution in [-0.2, 0) is 14.3 Å². The number of ketones is 1. The lowest BCUT2D eigenvalue weighted by Gasteiger charge is -2.32. The lowest BCUT2D eigenvalue weighted by Crippen LogP contribution is -2.54. The van der Waals surface area contributed by atoms with Crippen LogP contribution in [-0.4, -0.2) is 96.9 Å². The summed E-state index contributed by atoms with van der Waals surface area (Å²) in [5.74, 6) is -4.91. The maximum Gasteiger partial charge on any atom is 0.252 e. The van der Waals surface area contributed by atoms with E-state index < -0.39 is 53.3 Å². The van der Waals surface area contributed by atoms with Crippen molar-refractivity contribution in [2.45, 2.75) is 38.5 Å². The largest absolute Gasteiger partial charge is 0.367 e. The van der Waals surface area contributed by atoms with Gasteiger partial charge in [-0.15, -0.1) is 11.3 Å².